The van der Waals surface area contributed by atoms with Crippen LogP contribution in [0, 0.1) is 0 Å². The number of aromatic nitrogens is 2. The van der Waals surface area contributed by atoms with E-state index < -0.39 is 11.9 Å². The van der Waals surface area contributed by atoms with E-state index in [1.807, 2.05) is 0 Å². The highest BCUT2D eigenvalue weighted by Crippen LogP contribution is 2.30. The first-order chi connectivity index (χ1) is 11.2. The van der Waals surface area contributed by atoms with Crippen LogP contribution in [0.3, 0.4) is 0 Å². The summed E-state index contributed by atoms with van der Waals surface area (Å²) in [7, 11) is 4.99. The summed E-state index contributed by atoms with van der Waals surface area (Å²) in [4.78, 5) is 13.3. The molecule has 0 aromatic carbocycles. The Kier molecular flexibility index (Phi) is 5.87. The van der Waals surface area contributed by atoms with Gasteiger partial charge in [0, 0.05) is 52.9 Å². The molecule has 24 heavy (non-hydrogen) atoms. The molecular formula is C15H24F3N5O. The van der Waals surface area contributed by atoms with Crippen LogP contribution in [-0.2, 0) is 10.9 Å². The first-order valence-corrected chi connectivity index (χ1v) is 7.85. The summed E-state index contributed by atoms with van der Waals surface area (Å²) in [5.74, 6) is 0.312. The molecule has 1 aromatic heterocycles. The van der Waals surface area contributed by atoms with Gasteiger partial charge in [0.1, 0.15) is 5.82 Å². The Morgan fingerprint density at radius 1 is 1.21 bits per heavy atom. The lowest BCUT2D eigenvalue weighted by Gasteiger charge is -2.34. The summed E-state index contributed by atoms with van der Waals surface area (Å²) < 4.78 is 44.6. The Morgan fingerprint density at radius 2 is 1.83 bits per heavy atom. The molecule has 1 saturated heterocycles. The van der Waals surface area contributed by atoms with Gasteiger partial charge in [-0.25, -0.2) is 4.98 Å². The maximum atomic E-state index is 13.1. The number of hydrogen-bond acceptors (Lipinski definition) is 6. The number of morpholine rings is 1. The molecule has 0 unspecified atom stereocenters. The summed E-state index contributed by atoms with van der Waals surface area (Å²) >= 11 is 0. The van der Waals surface area contributed by atoms with Crippen LogP contribution in [0.5, 0.6) is 0 Å². The Labute approximate surface area is 140 Å². The predicted molar refractivity (Wildman–Crippen MR) is 86.5 cm³/mol. The molecule has 1 aliphatic rings. The van der Waals surface area contributed by atoms with Gasteiger partial charge in [-0.15, -0.1) is 0 Å². The molecule has 0 bridgehead atoms. The highest BCUT2D eigenvalue weighted by molar-refractivity contribution is 5.45. The minimum atomic E-state index is -4.50. The van der Waals surface area contributed by atoms with E-state index in [0.29, 0.717) is 19.8 Å². The van der Waals surface area contributed by atoms with Gasteiger partial charge in [0.2, 0.25) is 5.95 Å². The topological polar surface area (TPSA) is 44.7 Å². The van der Waals surface area contributed by atoms with E-state index in [0.717, 1.165) is 19.2 Å². The summed E-state index contributed by atoms with van der Waals surface area (Å²) in [5.41, 5.74) is -0.929. The van der Waals surface area contributed by atoms with Gasteiger partial charge in [-0.05, 0) is 6.92 Å². The summed E-state index contributed by atoms with van der Waals surface area (Å²) in [6.45, 7) is 5.65. The van der Waals surface area contributed by atoms with Crippen molar-refractivity contribution in [3.05, 3.63) is 11.8 Å². The zero-order valence-electron chi connectivity index (χ0n) is 14.5. The third-order valence-corrected chi connectivity index (χ3v) is 3.99. The Hall–Kier alpha value is -1.61. The second-order valence-corrected chi connectivity index (χ2v) is 6.18. The highest BCUT2D eigenvalue weighted by Gasteiger charge is 2.34. The first-order valence-electron chi connectivity index (χ1n) is 7.85. The molecule has 136 valence electrons. The third-order valence-electron chi connectivity index (χ3n) is 3.99. The molecule has 2 rings (SSSR count). The summed E-state index contributed by atoms with van der Waals surface area (Å²) in [5, 5.41) is 0. The van der Waals surface area contributed by atoms with E-state index in [9.17, 15) is 13.2 Å². The average Bonchev–Trinajstić information content (AvgIpc) is 2.54. The minimum Gasteiger partial charge on any atom is -0.379 e. The summed E-state index contributed by atoms with van der Waals surface area (Å²) in [6, 6.07) is 1.19. The Morgan fingerprint density at radius 3 is 2.38 bits per heavy atom. The molecule has 6 nitrogen and oxygen atoms in total. The zero-order chi connectivity index (χ0) is 17.9. The van der Waals surface area contributed by atoms with Gasteiger partial charge >= 0.3 is 6.18 Å². The Bertz CT molecular complexity index is 546. The number of likely N-dealkylation sites (N-methyl/N-ethyl adjacent to an activating group) is 1. The maximum Gasteiger partial charge on any atom is 0.433 e. The predicted octanol–water partition coefficient (Wildman–Crippen LogP) is 1.72. The van der Waals surface area contributed by atoms with Crippen molar-refractivity contribution in [1.82, 2.24) is 14.9 Å². The number of ether oxygens (including phenoxy) is 1. The first kappa shape index (κ1) is 18.7. The van der Waals surface area contributed by atoms with Crippen molar-refractivity contribution in [3.8, 4) is 0 Å². The van der Waals surface area contributed by atoms with E-state index >= 15 is 0 Å². The smallest absolute Gasteiger partial charge is 0.379 e. The molecule has 0 spiro atoms. The van der Waals surface area contributed by atoms with E-state index in [1.165, 1.54) is 4.90 Å². The van der Waals surface area contributed by atoms with Gasteiger partial charge in [-0.1, -0.05) is 0 Å². The van der Waals surface area contributed by atoms with Gasteiger partial charge in [0.05, 0.1) is 13.2 Å². The second kappa shape index (κ2) is 7.52. The molecule has 1 aromatic rings. The van der Waals surface area contributed by atoms with E-state index in [1.54, 1.807) is 26.0 Å². The quantitative estimate of drug-likeness (QED) is 0.808. The van der Waals surface area contributed by atoms with Gasteiger partial charge in [0.25, 0.3) is 0 Å². The van der Waals surface area contributed by atoms with Crippen LogP contribution < -0.4 is 9.80 Å². The maximum absolute atomic E-state index is 13.1. The molecule has 0 N–H and O–H groups in total. The molecule has 1 atom stereocenters. The largest absolute Gasteiger partial charge is 0.433 e. The van der Waals surface area contributed by atoms with Crippen molar-refractivity contribution in [3.63, 3.8) is 0 Å². The van der Waals surface area contributed by atoms with Crippen LogP contribution >= 0.6 is 0 Å². The molecular weight excluding hydrogens is 323 g/mol. The van der Waals surface area contributed by atoms with Crippen LogP contribution in [0.15, 0.2) is 6.07 Å². The Balaban J connectivity index is 2.18. The van der Waals surface area contributed by atoms with Crippen LogP contribution in [0.2, 0.25) is 0 Å². The van der Waals surface area contributed by atoms with E-state index in [4.69, 9.17) is 4.74 Å². The average molecular weight is 347 g/mol. The molecule has 2 heterocycles. The lowest BCUT2D eigenvalue weighted by molar-refractivity contribution is -0.141. The molecule has 0 saturated carbocycles. The minimum absolute atomic E-state index is 0.0469. The fourth-order valence-electron chi connectivity index (χ4n) is 2.59. The number of rotatable bonds is 5. The number of nitrogens with zero attached hydrogens (tertiary/aromatic N) is 5. The van der Waals surface area contributed by atoms with E-state index in [2.05, 4.69) is 21.8 Å². The van der Waals surface area contributed by atoms with Crippen LogP contribution in [0.1, 0.15) is 12.6 Å². The van der Waals surface area contributed by atoms with Crippen LogP contribution in [0.4, 0.5) is 24.9 Å². The van der Waals surface area contributed by atoms with Gasteiger partial charge < -0.3 is 14.5 Å². The number of alkyl halides is 3. The highest BCUT2D eigenvalue weighted by atomic mass is 19.4. The lowest BCUT2D eigenvalue weighted by atomic mass is 10.2. The summed E-state index contributed by atoms with van der Waals surface area (Å²) in [6.07, 6.45) is -4.50. The SMILES string of the molecule is C[C@@H](CN(C)c1cc(C(F)(F)F)nc(N(C)C)n1)N1CCOCC1. The number of anilines is 2. The van der Waals surface area contributed by atoms with Crippen molar-refractivity contribution < 1.29 is 17.9 Å². The zero-order valence-corrected chi connectivity index (χ0v) is 14.5. The number of halogens is 3. The standard InChI is InChI=1S/C15H24F3N5O/c1-11(23-5-7-24-8-6-23)10-22(4)13-9-12(15(16,17)18)19-14(20-13)21(2)3/h9,11H,5-8,10H2,1-4H3/t11-/m0/s1. The van der Waals surface area contributed by atoms with E-state index in [-0.39, 0.29) is 17.8 Å². The normalized spacial score (nSPS) is 17.6. The van der Waals surface area contributed by atoms with Gasteiger partial charge in [0.15, 0.2) is 5.69 Å². The fraction of sp³-hybridized carbons (Fsp3) is 0.733. The third kappa shape index (κ3) is 4.70. The molecule has 1 aliphatic heterocycles. The van der Waals surface area contributed by atoms with Crippen molar-refractivity contribution in [2.24, 2.45) is 0 Å². The van der Waals surface area contributed by atoms with Crippen molar-refractivity contribution in [2.75, 3.05) is 63.8 Å². The lowest BCUT2D eigenvalue weighted by Crippen LogP contribution is -2.47. The van der Waals surface area contributed by atoms with Crippen LogP contribution in [0.25, 0.3) is 0 Å². The second-order valence-electron chi connectivity index (χ2n) is 6.18. The molecule has 0 amide bonds. The molecule has 0 radical (unpaired) electrons. The van der Waals surface area contributed by atoms with Crippen molar-refractivity contribution in [1.29, 1.82) is 0 Å². The van der Waals surface area contributed by atoms with Gasteiger partial charge in [-0.2, -0.15) is 18.2 Å². The van der Waals surface area contributed by atoms with Crippen molar-refractivity contribution >= 4 is 11.8 Å². The van der Waals surface area contributed by atoms with Crippen molar-refractivity contribution in [2.45, 2.75) is 19.1 Å². The molecule has 9 heteroatoms. The van der Waals surface area contributed by atoms with Gasteiger partial charge in [-0.3, -0.25) is 4.90 Å². The molecule has 0 aliphatic carbocycles. The monoisotopic (exact) mass is 347 g/mol. The fourth-order valence-corrected chi connectivity index (χ4v) is 2.59. The molecule has 1 fully saturated rings. The van der Waals surface area contributed by atoms with Crippen LogP contribution in [-0.4, -0.2) is 74.9 Å². The number of hydrogen-bond donors (Lipinski definition) is 0.